The SMILES string of the molecule is Cc1c(NCCO)c(=O)c1=O. The summed E-state index contributed by atoms with van der Waals surface area (Å²) >= 11 is 0. The highest BCUT2D eigenvalue weighted by atomic mass is 16.3. The van der Waals surface area contributed by atoms with E-state index in [4.69, 9.17) is 5.11 Å². The van der Waals surface area contributed by atoms with Crippen LogP contribution in [0.15, 0.2) is 9.59 Å². The molecule has 0 amide bonds. The van der Waals surface area contributed by atoms with Gasteiger partial charge in [0.25, 0.3) is 0 Å². The minimum absolute atomic E-state index is 0.0434. The predicted molar refractivity (Wildman–Crippen MR) is 41.7 cm³/mol. The van der Waals surface area contributed by atoms with Gasteiger partial charge < -0.3 is 10.4 Å². The van der Waals surface area contributed by atoms with Crippen molar-refractivity contribution in [2.45, 2.75) is 6.92 Å². The van der Waals surface area contributed by atoms with Gasteiger partial charge in [-0.2, -0.15) is 0 Å². The highest BCUT2D eigenvalue weighted by Gasteiger charge is 2.14. The second-order valence-electron chi connectivity index (χ2n) is 2.31. The number of aliphatic hydroxyl groups excluding tert-OH is 1. The largest absolute Gasteiger partial charge is 0.395 e. The van der Waals surface area contributed by atoms with Crippen LogP contribution < -0.4 is 16.2 Å². The van der Waals surface area contributed by atoms with Crippen molar-refractivity contribution in [2.24, 2.45) is 0 Å². The van der Waals surface area contributed by atoms with Crippen molar-refractivity contribution in [3.63, 3.8) is 0 Å². The van der Waals surface area contributed by atoms with Gasteiger partial charge in [-0.05, 0) is 6.92 Å². The van der Waals surface area contributed by atoms with Crippen LogP contribution in [0.1, 0.15) is 5.56 Å². The number of aliphatic hydroxyl groups is 1. The summed E-state index contributed by atoms with van der Waals surface area (Å²) in [4.78, 5) is 21.4. The van der Waals surface area contributed by atoms with Crippen LogP contribution in [-0.2, 0) is 0 Å². The second kappa shape index (κ2) is 2.84. The van der Waals surface area contributed by atoms with Gasteiger partial charge in [-0.1, -0.05) is 0 Å². The number of nitrogens with one attached hydrogen (secondary N) is 1. The molecule has 0 aliphatic heterocycles. The first kappa shape index (κ1) is 7.94. The van der Waals surface area contributed by atoms with E-state index in [1.54, 1.807) is 6.92 Å². The molecule has 1 aromatic carbocycles. The number of hydrogen-bond acceptors (Lipinski definition) is 4. The minimum atomic E-state index is -0.476. The Morgan fingerprint density at radius 2 is 2.00 bits per heavy atom. The van der Waals surface area contributed by atoms with Crippen molar-refractivity contribution in [3.8, 4) is 0 Å². The van der Waals surface area contributed by atoms with Gasteiger partial charge in [0, 0.05) is 12.1 Å². The first-order valence-corrected chi connectivity index (χ1v) is 3.33. The molecule has 60 valence electrons. The molecule has 0 aliphatic rings. The molecule has 1 aromatic rings. The van der Waals surface area contributed by atoms with Gasteiger partial charge in [0.15, 0.2) is 0 Å². The van der Waals surface area contributed by atoms with Crippen LogP contribution >= 0.6 is 0 Å². The molecule has 4 nitrogen and oxygen atoms in total. The molecule has 11 heavy (non-hydrogen) atoms. The van der Waals surface area contributed by atoms with Crippen LogP contribution in [0.2, 0.25) is 0 Å². The van der Waals surface area contributed by atoms with Gasteiger partial charge >= 0.3 is 0 Å². The Morgan fingerprint density at radius 1 is 1.36 bits per heavy atom. The van der Waals surface area contributed by atoms with Crippen LogP contribution in [0.4, 0.5) is 5.69 Å². The number of rotatable bonds is 3. The summed E-state index contributed by atoms with van der Waals surface area (Å²) in [5.74, 6) is 0. The third-order valence-corrected chi connectivity index (χ3v) is 1.56. The maximum atomic E-state index is 10.7. The molecular formula is C7H9NO3. The Morgan fingerprint density at radius 3 is 2.45 bits per heavy atom. The van der Waals surface area contributed by atoms with Crippen molar-refractivity contribution in [1.82, 2.24) is 0 Å². The average molecular weight is 155 g/mol. The molecule has 0 bridgehead atoms. The van der Waals surface area contributed by atoms with Crippen LogP contribution in [-0.4, -0.2) is 18.3 Å². The van der Waals surface area contributed by atoms with Crippen LogP contribution in [0.25, 0.3) is 0 Å². The molecule has 0 saturated heterocycles. The Kier molecular flexibility index (Phi) is 2.05. The second-order valence-corrected chi connectivity index (χ2v) is 2.31. The lowest BCUT2D eigenvalue weighted by molar-refractivity contribution is 0.311. The molecule has 0 saturated carbocycles. The van der Waals surface area contributed by atoms with Gasteiger partial charge in [0.05, 0.1) is 12.3 Å². The summed E-state index contributed by atoms with van der Waals surface area (Å²) in [5, 5.41) is 11.0. The standard InChI is InChI=1S/C7H9NO3/c1-4-5(8-2-3-9)7(11)6(4)10/h8-9H,2-3H2,1H3. The molecule has 0 atom stereocenters. The molecule has 0 aromatic heterocycles. The van der Waals surface area contributed by atoms with Gasteiger partial charge in [-0.25, -0.2) is 0 Å². The summed E-state index contributed by atoms with van der Waals surface area (Å²) in [6, 6.07) is 0. The van der Waals surface area contributed by atoms with E-state index in [1.165, 1.54) is 0 Å². The average Bonchev–Trinajstić information content (AvgIpc) is 2.04. The highest BCUT2D eigenvalue weighted by molar-refractivity contribution is 5.55. The maximum Gasteiger partial charge on any atom is 0.249 e. The fraction of sp³-hybridized carbons (Fsp3) is 0.429. The van der Waals surface area contributed by atoms with Crippen LogP contribution in [0.5, 0.6) is 0 Å². The van der Waals surface area contributed by atoms with E-state index < -0.39 is 10.9 Å². The van der Waals surface area contributed by atoms with Crippen LogP contribution in [0, 0.1) is 6.92 Å². The molecule has 4 heteroatoms. The monoisotopic (exact) mass is 155 g/mol. The maximum absolute atomic E-state index is 10.7. The van der Waals surface area contributed by atoms with Crippen molar-refractivity contribution >= 4 is 5.69 Å². The number of hydrogen-bond donors (Lipinski definition) is 2. The van der Waals surface area contributed by atoms with E-state index in [1.807, 2.05) is 0 Å². The Balaban J connectivity index is 2.75. The zero-order valence-electron chi connectivity index (χ0n) is 6.18. The van der Waals surface area contributed by atoms with Gasteiger partial charge in [-0.15, -0.1) is 0 Å². The molecular weight excluding hydrogens is 146 g/mol. The Hall–Kier alpha value is -1.16. The normalized spacial score (nSPS) is 10.4. The van der Waals surface area contributed by atoms with Crippen LogP contribution in [0.3, 0.4) is 0 Å². The zero-order chi connectivity index (χ0) is 8.43. The predicted octanol–water partition coefficient (Wildman–Crippen LogP) is -1.00. The third kappa shape index (κ3) is 1.17. The molecule has 1 rings (SSSR count). The first-order chi connectivity index (χ1) is 5.18. The van der Waals surface area contributed by atoms with E-state index in [2.05, 4.69) is 5.32 Å². The lowest BCUT2D eigenvalue weighted by atomic mass is 10.1. The molecule has 0 heterocycles. The van der Waals surface area contributed by atoms with Crippen molar-refractivity contribution in [3.05, 3.63) is 26.0 Å². The smallest absolute Gasteiger partial charge is 0.249 e. The first-order valence-electron chi connectivity index (χ1n) is 3.33. The summed E-state index contributed by atoms with van der Waals surface area (Å²) < 4.78 is 0. The van der Waals surface area contributed by atoms with E-state index in [0.29, 0.717) is 17.8 Å². The van der Waals surface area contributed by atoms with Crippen molar-refractivity contribution in [2.75, 3.05) is 18.5 Å². The molecule has 2 N–H and O–H groups in total. The molecule has 0 unspecified atom stereocenters. The summed E-state index contributed by atoms with van der Waals surface area (Å²) in [6.07, 6.45) is 0. The quantitative estimate of drug-likeness (QED) is 0.549. The van der Waals surface area contributed by atoms with E-state index in [9.17, 15) is 9.59 Å². The highest BCUT2D eigenvalue weighted by Crippen LogP contribution is 2.03. The summed E-state index contributed by atoms with van der Waals surface area (Å²) in [5.41, 5.74) is -0.0890. The Bertz CT molecular complexity index is 322. The van der Waals surface area contributed by atoms with Gasteiger partial charge in [-0.3, -0.25) is 9.59 Å². The van der Waals surface area contributed by atoms with Crippen molar-refractivity contribution in [1.29, 1.82) is 0 Å². The van der Waals surface area contributed by atoms with Crippen molar-refractivity contribution < 1.29 is 5.11 Å². The molecule has 0 fully saturated rings. The minimum Gasteiger partial charge on any atom is -0.395 e. The lowest BCUT2D eigenvalue weighted by Gasteiger charge is -2.07. The fourth-order valence-corrected chi connectivity index (χ4v) is 0.899. The van der Waals surface area contributed by atoms with Gasteiger partial charge in [0.1, 0.15) is 0 Å². The molecule has 0 aliphatic carbocycles. The topological polar surface area (TPSA) is 66.4 Å². The van der Waals surface area contributed by atoms with Gasteiger partial charge in [0.2, 0.25) is 10.9 Å². The third-order valence-electron chi connectivity index (χ3n) is 1.56. The molecule has 0 spiro atoms. The van der Waals surface area contributed by atoms with E-state index in [0.717, 1.165) is 0 Å². The fourth-order valence-electron chi connectivity index (χ4n) is 0.899. The van der Waals surface area contributed by atoms with E-state index >= 15 is 0 Å². The lowest BCUT2D eigenvalue weighted by Crippen LogP contribution is -2.37. The zero-order valence-corrected chi connectivity index (χ0v) is 6.18. The molecule has 0 radical (unpaired) electrons. The summed E-state index contributed by atoms with van der Waals surface area (Å²) in [7, 11) is 0. The number of anilines is 1. The summed E-state index contributed by atoms with van der Waals surface area (Å²) in [6.45, 7) is 1.85. The van der Waals surface area contributed by atoms with E-state index in [-0.39, 0.29) is 6.61 Å². The Labute approximate surface area is 63.2 Å².